The second kappa shape index (κ2) is 30.4. The van der Waals surface area contributed by atoms with E-state index in [2.05, 4.69) is 42.0 Å². The van der Waals surface area contributed by atoms with E-state index in [1.807, 2.05) is 54.6 Å². The number of nitrogens with one attached hydrogen (secondary N) is 4. The van der Waals surface area contributed by atoms with Gasteiger partial charge in [0.1, 0.15) is 0 Å². The molecule has 3 heterocycles. The standard InChI is InChI=1S/2C22H26F2N2O3.C15H22N2O3/c1-3-4-9-29-21-12-15(6-8-20(21)28-2)10-17-13-25-22(27)26(17)14-16-5-7-18(23)19(24)11-16;1-3-4-9-29-21-12-15(6-8-20(21)28-2)10-17-14-26(22(27)25-17)13-16-5-7-18(23)19(24)11-16;1-3-4-7-20-14-9-11(5-6-13(14)19-2)8-12-10-16-15(18)17-12/h2*5-8,11-12,17H,3-4,9-10,13-14H2,1-2H3,(H,25,27);5-6,9,12H,3-4,7-8,10H2,1-2H3,(H2,16,17,18). The number of carbonyl (C=O) groups is 3. The van der Waals surface area contributed by atoms with Crippen LogP contribution < -0.4 is 49.7 Å². The van der Waals surface area contributed by atoms with Crippen LogP contribution in [-0.2, 0) is 32.4 Å². The fourth-order valence-electron chi connectivity index (χ4n) is 8.90. The fraction of sp³-hybridized carbons (Fsp3) is 0.441. The van der Waals surface area contributed by atoms with Gasteiger partial charge in [-0.2, -0.15) is 0 Å². The van der Waals surface area contributed by atoms with E-state index < -0.39 is 23.3 Å². The molecule has 78 heavy (non-hydrogen) atoms. The van der Waals surface area contributed by atoms with Gasteiger partial charge in [0.2, 0.25) is 0 Å². The average Bonchev–Trinajstić information content (AvgIpc) is 4.14. The number of urea groups is 3. The third kappa shape index (κ3) is 17.7. The number of amides is 6. The lowest BCUT2D eigenvalue weighted by Crippen LogP contribution is -2.35. The lowest BCUT2D eigenvalue weighted by molar-refractivity contribution is 0.200. The summed E-state index contributed by atoms with van der Waals surface area (Å²) in [5.74, 6) is 0.636. The van der Waals surface area contributed by atoms with Gasteiger partial charge in [0.15, 0.2) is 57.8 Å². The van der Waals surface area contributed by atoms with Crippen molar-refractivity contribution in [3.63, 3.8) is 0 Å². The Hall–Kier alpha value is -7.57. The van der Waals surface area contributed by atoms with Gasteiger partial charge in [0.05, 0.1) is 59.3 Å². The highest BCUT2D eigenvalue weighted by atomic mass is 19.2. The summed E-state index contributed by atoms with van der Waals surface area (Å²) in [6.45, 7) is 10.3. The molecule has 15 nitrogen and oxygen atoms in total. The zero-order valence-corrected chi connectivity index (χ0v) is 45.5. The molecule has 4 N–H and O–H groups in total. The van der Waals surface area contributed by atoms with Crippen molar-refractivity contribution < 1.29 is 60.4 Å². The molecular weight excluding hydrogens is 1010 g/mol. The maximum atomic E-state index is 13.5. The number of methoxy groups -OCH3 is 3. The van der Waals surface area contributed by atoms with Gasteiger partial charge in [-0.05, 0) is 127 Å². The van der Waals surface area contributed by atoms with E-state index in [0.29, 0.717) is 86.4 Å². The summed E-state index contributed by atoms with van der Waals surface area (Å²) in [5.41, 5.74) is 4.26. The molecule has 3 aliphatic heterocycles. The van der Waals surface area contributed by atoms with E-state index in [-0.39, 0.29) is 49.3 Å². The van der Waals surface area contributed by atoms with Crippen LogP contribution >= 0.6 is 0 Å². The second-order valence-electron chi connectivity index (χ2n) is 19.2. The summed E-state index contributed by atoms with van der Waals surface area (Å²) in [6.07, 6.45) is 8.15. The molecular formula is C59H74F4N6O9. The predicted molar refractivity (Wildman–Crippen MR) is 290 cm³/mol. The van der Waals surface area contributed by atoms with E-state index in [1.54, 1.807) is 31.1 Å². The third-order valence-electron chi connectivity index (χ3n) is 13.2. The van der Waals surface area contributed by atoms with E-state index in [9.17, 15) is 31.9 Å². The zero-order chi connectivity index (χ0) is 56.0. The van der Waals surface area contributed by atoms with Crippen LogP contribution in [0.5, 0.6) is 34.5 Å². The molecule has 3 fully saturated rings. The van der Waals surface area contributed by atoms with Crippen molar-refractivity contribution in [2.24, 2.45) is 0 Å². The molecule has 422 valence electrons. The summed E-state index contributed by atoms with van der Waals surface area (Å²) in [4.78, 5) is 38.9. The average molecular weight is 1090 g/mol. The minimum atomic E-state index is -0.914. The van der Waals surface area contributed by atoms with Crippen molar-refractivity contribution in [1.82, 2.24) is 31.1 Å². The topological polar surface area (TPSA) is 161 Å². The highest BCUT2D eigenvalue weighted by Crippen LogP contribution is 2.32. The van der Waals surface area contributed by atoms with Gasteiger partial charge in [-0.1, -0.05) is 70.4 Å². The Morgan fingerprint density at radius 1 is 0.474 bits per heavy atom. The highest BCUT2D eigenvalue weighted by Gasteiger charge is 2.32. The molecule has 5 aromatic carbocycles. The minimum Gasteiger partial charge on any atom is -0.493 e. The Morgan fingerprint density at radius 3 is 1.36 bits per heavy atom. The van der Waals surface area contributed by atoms with Crippen molar-refractivity contribution in [2.45, 2.75) is 110 Å². The van der Waals surface area contributed by atoms with Crippen LogP contribution in [0.2, 0.25) is 0 Å². The molecule has 0 radical (unpaired) electrons. The Balaban J connectivity index is 0.000000193. The van der Waals surface area contributed by atoms with Gasteiger partial charge in [0, 0.05) is 32.7 Å². The lowest BCUT2D eigenvalue weighted by Gasteiger charge is -2.24. The molecule has 3 atom stereocenters. The summed E-state index contributed by atoms with van der Waals surface area (Å²) in [7, 11) is 4.85. The Morgan fingerprint density at radius 2 is 0.923 bits per heavy atom. The first-order valence-electron chi connectivity index (χ1n) is 26.7. The largest absolute Gasteiger partial charge is 0.493 e. The first-order chi connectivity index (χ1) is 37.7. The maximum absolute atomic E-state index is 13.5. The smallest absolute Gasteiger partial charge is 0.318 e. The number of hydrogen-bond acceptors (Lipinski definition) is 9. The summed E-state index contributed by atoms with van der Waals surface area (Å²) < 4.78 is 86.7. The van der Waals surface area contributed by atoms with Crippen LogP contribution in [0.3, 0.4) is 0 Å². The molecule has 0 aromatic heterocycles. The molecule has 3 aliphatic rings. The minimum absolute atomic E-state index is 0.0790. The lowest BCUT2D eigenvalue weighted by atomic mass is 10.0. The summed E-state index contributed by atoms with van der Waals surface area (Å²) in [6, 6.07) is 24.3. The van der Waals surface area contributed by atoms with Crippen molar-refractivity contribution >= 4 is 18.1 Å². The van der Waals surface area contributed by atoms with Crippen molar-refractivity contribution in [2.75, 3.05) is 60.8 Å². The maximum Gasteiger partial charge on any atom is 0.318 e. The Kier molecular flexibility index (Phi) is 23.2. The van der Waals surface area contributed by atoms with Gasteiger partial charge < -0.3 is 59.5 Å². The van der Waals surface area contributed by atoms with Gasteiger partial charge >= 0.3 is 18.1 Å². The number of carbonyl (C=O) groups excluding carboxylic acids is 3. The van der Waals surface area contributed by atoms with Crippen molar-refractivity contribution in [3.8, 4) is 34.5 Å². The van der Waals surface area contributed by atoms with Crippen molar-refractivity contribution in [1.29, 1.82) is 0 Å². The van der Waals surface area contributed by atoms with Crippen LogP contribution in [-0.4, -0.2) is 107 Å². The fourth-order valence-corrected chi connectivity index (χ4v) is 8.90. The van der Waals surface area contributed by atoms with Gasteiger partial charge in [0.25, 0.3) is 0 Å². The molecule has 3 unspecified atom stereocenters. The van der Waals surface area contributed by atoms with Crippen LogP contribution in [0.25, 0.3) is 0 Å². The van der Waals surface area contributed by atoms with Crippen LogP contribution in [0.4, 0.5) is 31.9 Å². The number of benzene rings is 5. The monoisotopic (exact) mass is 1090 g/mol. The van der Waals surface area contributed by atoms with Gasteiger partial charge in [-0.3, -0.25) is 0 Å². The molecule has 8 rings (SSSR count). The van der Waals surface area contributed by atoms with E-state index in [1.165, 1.54) is 12.1 Å². The summed E-state index contributed by atoms with van der Waals surface area (Å²) in [5, 5.41) is 11.4. The van der Waals surface area contributed by atoms with Crippen LogP contribution in [0, 0.1) is 23.3 Å². The molecule has 3 saturated heterocycles. The first kappa shape index (κ1) is 59.7. The van der Waals surface area contributed by atoms with Crippen LogP contribution in [0.15, 0.2) is 91.0 Å². The van der Waals surface area contributed by atoms with Gasteiger partial charge in [-0.15, -0.1) is 0 Å². The molecule has 5 aromatic rings. The SMILES string of the molecule is CCCCOc1cc(CC2CN(Cc3ccc(F)c(F)c3)C(=O)N2)ccc1OC.CCCCOc1cc(CC2CNC(=O)N2)ccc1OC.CCCCOc1cc(CC2CNC(=O)N2Cc2ccc(F)c(F)c2)ccc1OC. The first-order valence-corrected chi connectivity index (χ1v) is 26.7. The normalized spacial score (nSPS) is 16.4. The number of hydrogen-bond donors (Lipinski definition) is 4. The molecule has 6 amide bonds. The van der Waals surface area contributed by atoms with Crippen molar-refractivity contribution in [3.05, 3.63) is 142 Å². The Bertz CT molecular complexity index is 2750. The molecule has 19 heteroatoms. The molecule has 0 aliphatic carbocycles. The van der Waals surface area contributed by atoms with Crippen LogP contribution in [0.1, 0.15) is 87.1 Å². The predicted octanol–water partition coefficient (Wildman–Crippen LogP) is 10.7. The number of rotatable bonds is 25. The second-order valence-corrected chi connectivity index (χ2v) is 19.2. The van der Waals surface area contributed by atoms with Gasteiger partial charge in [-0.25, -0.2) is 31.9 Å². The molecule has 0 bridgehead atoms. The molecule has 0 saturated carbocycles. The number of unbranched alkanes of at least 4 members (excludes halogenated alkanes) is 3. The number of nitrogens with zero attached hydrogens (tertiary/aromatic N) is 2. The molecule has 0 spiro atoms. The van der Waals surface area contributed by atoms with E-state index >= 15 is 0 Å². The van der Waals surface area contributed by atoms with E-state index in [4.69, 9.17) is 28.4 Å². The third-order valence-corrected chi connectivity index (χ3v) is 13.2. The highest BCUT2D eigenvalue weighted by molar-refractivity contribution is 5.78. The summed E-state index contributed by atoms with van der Waals surface area (Å²) >= 11 is 0. The zero-order valence-electron chi connectivity index (χ0n) is 45.5. The number of ether oxygens (including phenoxy) is 6. The van der Waals surface area contributed by atoms with E-state index in [0.717, 1.165) is 97.4 Å². The Labute approximate surface area is 455 Å². The number of halogens is 4. The quantitative estimate of drug-likeness (QED) is 0.0329.